The number of carbonyl (C=O) groups is 3. The molecule has 0 saturated carbocycles. The van der Waals surface area contributed by atoms with Crippen LogP contribution < -0.4 is 10.6 Å². The Morgan fingerprint density at radius 2 is 1.84 bits per heavy atom. The van der Waals surface area contributed by atoms with Crippen LogP contribution in [0.25, 0.3) is 0 Å². The number of ether oxygens (including phenoxy) is 1. The van der Waals surface area contributed by atoms with Crippen LogP contribution in [0.4, 0.5) is 11.4 Å². The van der Waals surface area contributed by atoms with Crippen LogP contribution in [-0.4, -0.2) is 24.9 Å². The predicted octanol–water partition coefficient (Wildman–Crippen LogP) is 2.92. The van der Waals surface area contributed by atoms with Gasteiger partial charge in [-0.15, -0.1) is 0 Å². The lowest BCUT2D eigenvalue weighted by molar-refractivity contribution is -0.116. The van der Waals surface area contributed by atoms with Crippen LogP contribution >= 0.6 is 0 Å². The molecule has 3 rings (SSSR count). The smallest absolute Gasteiger partial charge is 0.337 e. The van der Waals surface area contributed by atoms with E-state index < -0.39 is 5.97 Å². The van der Waals surface area contributed by atoms with Crippen molar-refractivity contribution in [3.05, 3.63) is 58.7 Å². The van der Waals surface area contributed by atoms with Crippen molar-refractivity contribution in [3.63, 3.8) is 0 Å². The van der Waals surface area contributed by atoms with Gasteiger partial charge in [0.15, 0.2) is 0 Å². The summed E-state index contributed by atoms with van der Waals surface area (Å²) < 4.78 is 4.71. The van der Waals surface area contributed by atoms with E-state index in [1.54, 1.807) is 36.4 Å². The molecule has 0 aromatic heterocycles. The van der Waals surface area contributed by atoms with E-state index in [1.165, 1.54) is 7.11 Å². The molecule has 6 nitrogen and oxygen atoms in total. The largest absolute Gasteiger partial charge is 0.465 e. The van der Waals surface area contributed by atoms with Crippen molar-refractivity contribution in [2.45, 2.75) is 19.8 Å². The van der Waals surface area contributed by atoms with Crippen molar-refractivity contribution < 1.29 is 19.1 Å². The zero-order valence-electron chi connectivity index (χ0n) is 14.0. The molecule has 0 spiro atoms. The van der Waals surface area contributed by atoms with Gasteiger partial charge < -0.3 is 15.4 Å². The molecule has 2 N–H and O–H groups in total. The maximum absolute atomic E-state index is 12.6. The molecule has 0 saturated heterocycles. The standard InChI is InChI=1S/C19H18N2O4/c1-11-3-4-14(19(24)25-2)10-16(11)21-18(23)13-5-7-15-12(9-13)6-8-17(22)20-15/h3-5,7,9-10H,6,8H2,1-2H3,(H,20,22)(H,21,23). The average Bonchev–Trinajstić information content (AvgIpc) is 2.62. The van der Waals surface area contributed by atoms with Gasteiger partial charge in [0.2, 0.25) is 5.91 Å². The number of esters is 1. The van der Waals surface area contributed by atoms with E-state index in [-0.39, 0.29) is 11.8 Å². The maximum Gasteiger partial charge on any atom is 0.337 e. The SMILES string of the molecule is COC(=O)c1ccc(C)c(NC(=O)c2ccc3c(c2)CCC(=O)N3)c1. The van der Waals surface area contributed by atoms with Crippen molar-refractivity contribution in [2.24, 2.45) is 0 Å². The second kappa shape index (κ2) is 6.76. The molecule has 2 amide bonds. The number of fused-ring (bicyclic) bond motifs is 1. The minimum atomic E-state index is -0.458. The third-order valence-corrected chi connectivity index (χ3v) is 4.17. The lowest BCUT2D eigenvalue weighted by Crippen LogP contribution is -2.20. The molecule has 128 valence electrons. The van der Waals surface area contributed by atoms with Crippen LogP contribution in [0, 0.1) is 6.92 Å². The van der Waals surface area contributed by atoms with Gasteiger partial charge in [-0.25, -0.2) is 4.79 Å². The van der Waals surface area contributed by atoms with Gasteiger partial charge in [0.1, 0.15) is 0 Å². The average molecular weight is 338 g/mol. The number of benzene rings is 2. The number of amides is 2. The van der Waals surface area contributed by atoms with Crippen molar-refractivity contribution in [2.75, 3.05) is 17.7 Å². The van der Waals surface area contributed by atoms with E-state index in [4.69, 9.17) is 4.74 Å². The van der Waals surface area contributed by atoms with Crippen LogP contribution in [-0.2, 0) is 16.0 Å². The van der Waals surface area contributed by atoms with Crippen molar-refractivity contribution in [3.8, 4) is 0 Å². The molecule has 0 fully saturated rings. The number of carbonyl (C=O) groups excluding carboxylic acids is 3. The molecule has 1 heterocycles. The molecule has 0 aliphatic carbocycles. The normalized spacial score (nSPS) is 12.8. The summed E-state index contributed by atoms with van der Waals surface area (Å²) in [6.07, 6.45) is 1.03. The fourth-order valence-corrected chi connectivity index (χ4v) is 2.72. The van der Waals surface area contributed by atoms with Gasteiger partial charge in [-0.1, -0.05) is 6.07 Å². The predicted molar refractivity (Wildman–Crippen MR) is 93.9 cm³/mol. The zero-order valence-corrected chi connectivity index (χ0v) is 14.0. The summed E-state index contributed by atoms with van der Waals surface area (Å²) in [7, 11) is 1.31. The van der Waals surface area contributed by atoms with Crippen LogP contribution in [0.5, 0.6) is 0 Å². The zero-order chi connectivity index (χ0) is 18.0. The summed E-state index contributed by atoms with van der Waals surface area (Å²) in [5, 5.41) is 5.62. The number of hydrogen-bond donors (Lipinski definition) is 2. The van der Waals surface area contributed by atoms with Crippen molar-refractivity contribution in [1.82, 2.24) is 0 Å². The highest BCUT2D eigenvalue weighted by atomic mass is 16.5. The van der Waals surface area contributed by atoms with Gasteiger partial charge in [-0.3, -0.25) is 9.59 Å². The molecule has 6 heteroatoms. The molecule has 1 aliphatic rings. The Morgan fingerprint density at radius 3 is 2.60 bits per heavy atom. The Hall–Kier alpha value is -3.15. The Morgan fingerprint density at radius 1 is 1.08 bits per heavy atom. The van der Waals surface area contributed by atoms with Gasteiger partial charge in [0.05, 0.1) is 12.7 Å². The topological polar surface area (TPSA) is 84.5 Å². The van der Waals surface area contributed by atoms with Gasteiger partial charge in [0, 0.05) is 23.4 Å². The monoisotopic (exact) mass is 338 g/mol. The van der Waals surface area contributed by atoms with E-state index in [9.17, 15) is 14.4 Å². The second-order valence-electron chi connectivity index (χ2n) is 5.90. The second-order valence-corrected chi connectivity index (χ2v) is 5.90. The van der Waals surface area contributed by atoms with Crippen molar-refractivity contribution >= 4 is 29.2 Å². The summed E-state index contributed by atoms with van der Waals surface area (Å²) in [5.74, 6) is -0.746. The van der Waals surface area contributed by atoms with E-state index in [1.807, 2.05) is 6.92 Å². The van der Waals surface area contributed by atoms with Crippen molar-refractivity contribution in [1.29, 1.82) is 0 Å². The highest BCUT2D eigenvalue weighted by Crippen LogP contribution is 2.24. The number of rotatable bonds is 3. The van der Waals surface area contributed by atoms with Gasteiger partial charge >= 0.3 is 5.97 Å². The quantitative estimate of drug-likeness (QED) is 0.843. The first kappa shape index (κ1) is 16.7. The van der Waals surface area contributed by atoms with Gasteiger partial charge in [-0.05, 0) is 54.8 Å². The lowest BCUT2D eigenvalue weighted by Gasteiger charge is -2.17. The molecule has 0 atom stereocenters. The minimum Gasteiger partial charge on any atom is -0.465 e. The molecular weight excluding hydrogens is 320 g/mol. The molecule has 0 bridgehead atoms. The van der Waals surface area contributed by atoms with E-state index in [0.717, 1.165) is 16.8 Å². The third-order valence-electron chi connectivity index (χ3n) is 4.17. The van der Waals surface area contributed by atoms with Gasteiger partial charge in [0.25, 0.3) is 5.91 Å². The molecule has 0 radical (unpaired) electrons. The Balaban J connectivity index is 1.83. The lowest BCUT2D eigenvalue weighted by atomic mass is 10.00. The number of methoxy groups -OCH3 is 1. The first-order chi connectivity index (χ1) is 12.0. The summed E-state index contributed by atoms with van der Waals surface area (Å²) in [4.78, 5) is 35.6. The number of aryl methyl sites for hydroxylation is 2. The minimum absolute atomic E-state index is 0.0139. The van der Waals surface area contributed by atoms with Crippen LogP contribution in [0.3, 0.4) is 0 Å². The van der Waals surface area contributed by atoms with E-state index in [0.29, 0.717) is 29.7 Å². The first-order valence-corrected chi connectivity index (χ1v) is 7.91. The number of anilines is 2. The highest BCUT2D eigenvalue weighted by Gasteiger charge is 2.17. The molecule has 0 unspecified atom stereocenters. The molecule has 1 aliphatic heterocycles. The first-order valence-electron chi connectivity index (χ1n) is 7.91. The Bertz CT molecular complexity index is 874. The summed E-state index contributed by atoms with van der Waals surface area (Å²) in [5.41, 5.74) is 3.95. The summed E-state index contributed by atoms with van der Waals surface area (Å²) >= 11 is 0. The summed E-state index contributed by atoms with van der Waals surface area (Å²) in [6, 6.07) is 10.2. The fourth-order valence-electron chi connectivity index (χ4n) is 2.72. The maximum atomic E-state index is 12.6. The number of hydrogen-bond acceptors (Lipinski definition) is 4. The Kier molecular flexibility index (Phi) is 4.52. The van der Waals surface area contributed by atoms with Gasteiger partial charge in [-0.2, -0.15) is 0 Å². The van der Waals surface area contributed by atoms with Crippen LogP contribution in [0.15, 0.2) is 36.4 Å². The van der Waals surface area contributed by atoms with Crippen LogP contribution in [0.2, 0.25) is 0 Å². The molecule has 2 aromatic rings. The Labute approximate surface area is 145 Å². The molecule has 2 aromatic carbocycles. The highest BCUT2D eigenvalue weighted by molar-refractivity contribution is 6.06. The molecule has 25 heavy (non-hydrogen) atoms. The third kappa shape index (κ3) is 3.52. The summed E-state index contributed by atoms with van der Waals surface area (Å²) in [6.45, 7) is 1.85. The van der Waals surface area contributed by atoms with E-state index >= 15 is 0 Å². The van der Waals surface area contributed by atoms with E-state index in [2.05, 4.69) is 10.6 Å². The molecular formula is C19H18N2O4. The van der Waals surface area contributed by atoms with Crippen LogP contribution in [0.1, 0.15) is 38.3 Å². The fraction of sp³-hybridized carbons (Fsp3) is 0.211. The number of nitrogens with one attached hydrogen (secondary N) is 2.